The fourth-order valence-corrected chi connectivity index (χ4v) is 4.97. The minimum atomic E-state index is -3.08. The number of thioether (sulfide) groups is 1. The predicted molar refractivity (Wildman–Crippen MR) is 97.5 cm³/mol. The molecule has 3 atom stereocenters. The van der Waals surface area contributed by atoms with Crippen molar-refractivity contribution in [1.82, 2.24) is 5.32 Å². The van der Waals surface area contributed by atoms with Crippen LogP contribution in [0.1, 0.15) is 20.3 Å². The van der Waals surface area contributed by atoms with Crippen LogP contribution in [0.3, 0.4) is 0 Å². The summed E-state index contributed by atoms with van der Waals surface area (Å²) in [6, 6.07) is 6.64. The summed E-state index contributed by atoms with van der Waals surface area (Å²) < 4.78 is 28.0. The third-order valence-electron chi connectivity index (χ3n) is 3.70. The van der Waals surface area contributed by atoms with Crippen LogP contribution in [0.15, 0.2) is 29.2 Å². The van der Waals surface area contributed by atoms with E-state index in [2.05, 4.69) is 5.32 Å². The number of ether oxygens (including phenoxy) is 1. The lowest BCUT2D eigenvalue weighted by Crippen LogP contribution is -2.43. The predicted octanol–water partition coefficient (Wildman–Crippen LogP) is 2.06. The third-order valence-corrected chi connectivity index (χ3v) is 6.81. The molecular weight excluding hydrogens is 386 g/mol. The lowest BCUT2D eigenvalue weighted by atomic mass is 10.2. The van der Waals surface area contributed by atoms with E-state index >= 15 is 0 Å². The first-order chi connectivity index (χ1) is 11.7. The van der Waals surface area contributed by atoms with Crippen LogP contribution in [0.4, 0.5) is 0 Å². The van der Waals surface area contributed by atoms with Crippen LogP contribution >= 0.6 is 23.4 Å². The third kappa shape index (κ3) is 6.20. The van der Waals surface area contributed by atoms with Crippen LogP contribution in [-0.4, -0.2) is 49.2 Å². The molecule has 0 spiro atoms. The van der Waals surface area contributed by atoms with Gasteiger partial charge in [-0.1, -0.05) is 11.6 Å². The zero-order valence-electron chi connectivity index (χ0n) is 13.9. The summed E-state index contributed by atoms with van der Waals surface area (Å²) in [7, 11) is -3.08. The van der Waals surface area contributed by atoms with Gasteiger partial charge in [0, 0.05) is 16.0 Å². The van der Waals surface area contributed by atoms with Crippen molar-refractivity contribution in [3.05, 3.63) is 29.3 Å². The minimum absolute atomic E-state index is 0.0672. The number of carbonyl (C=O) groups excluding carboxylic acids is 2. The average Bonchev–Trinajstić information content (AvgIpc) is 2.88. The summed E-state index contributed by atoms with van der Waals surface area (Å²) in [4.78, 5) is 25.0. The van der Waals surface area contributed by atoms with E-state index in [1.165, 1.54) is 18.7 Å². The molecule has 1 N–H and O–H groups in total. The molecule has 1 aliphatic heterocycles. The number of halogens is 1. The standard InChI is InChI=1S/C16H20ClNO5S2/c1-10(15(19)18-13-7-8-25(21,22)9-13)23-16(20)11(2)24-14-5-3-12(17)4-6-14/h3-6,10-11,13H,7-9H2,1-2H3,(H,18,19)/t10-,11+,13-/m0/s1. The molecule has 1 fully saturated rings. The molecule has 25 heavy (non-hydrogen) atoms. The van der Waals surface area contributed by atoms with Gasteiger partial charge >= 0.3 is 5.97 Å². The molecule has 1 saturated heterocycles. The van der Waals surface area contributed by atoms with Gasteiger partial charge in [0.15, 0.2) is 15.9 Å². The molecule has 0 aliphatic carbocycles. The fourth-order valence-electron chi connectivity index (χ4n) is 2.32. The molecule has 0 unspecified atom stereocenters. The highest BCUT2D eigenvalue weighted by molar-refractivity contribution is 8.00. The van der Waals surface area contributed by atoms with Crippen LogP contribution < -0.4 is 5.32 Å². The molecule has 6 nitrogen and oxygen atoms in total. The SMILES string of the molecule is C[C@H](OC(=O)[C@@H](C)Sc1ccc(Cl)cc1)C(=O)N[C@H]1CCS(=O)(=O)C1. The number of carbonyl (C=O) groups is 2. The molecule has 0 saturated carbocycles. The Morgan fingerprint density at radius 1 is 1.28 bits per heavy atom. The van der Waals surface area contributed by atoms with Gasteiger partial charge in [-0.2, -0.15) is 0 Å². The largest absolute Gasteiger partial charge is 0.452 e. The summed E-state index contributed by atoms with van der Waals surface area (Å²) >= 11 is 7.12. The van der Waals surface area contributed by atoms with E-state index in [1.807, 2.05) is 0 Å². The lowest BCUT2D eigenvalue weighted by molar-refractivity contribution is -0.154. The van der Waals surface area contributed by atoms with Crippen LogP contribution in [0.2, 0.25) is 5.02 Å². The molecule has 0 radical (unpaired) electrons. The van der Waals surface area contributed by atoms with Crippen molar-refractivity contribution < 1.29 is 22.7 Å². The molecule has 1 aliphatic rings. The number of hydrogen-bond donors (Lipinski definition) is 1. The number of sulfone groups is 1. The van der Waals surface area contributed by atoms with E-state index in [4.69, 9.17) is 16.3 Å². The molecule has 138 valence electrons. The first-order valence-electron chi connectivity index (χ1n) is 7.80. The number of amides is 1. The normalized spacial score (nSPS) is 21.3. The van der Waals surface area contributed by atoms with Crippen molar-refractivity contribution in [2.45, 2.75) is 42.6 Å². The zero-order chi connectivity index (χ0) is 18.6. The number of hydrogen-bond acceptors (Lipinski definition) is 6. The maximum absolute atomic E-state index is 12.1. The van der Waals surface area contributed by atoms with Gasteiger partial charge in [0.25, 0.3) is 5.91 Å². The summed E-state index contributed by atoms with van der Waals surface area (Å²) in [5.41, 5.74) is 0. The molecule has 2 rings (SSSR count). The van der Waals surface area contributed by atoms with Crippen molar-refractivity contribution >= 4 is 45.1 Å². The van der Waals surface area contributed by atoms with Crippen LogP contribution in [0.5, 0.6) is 0 Å². The van der Waals surface area contributed by atoms with E-state index in [0.717, 1.165) is 4.90 Å². The number of esters is 1. The second-order valence-corrected chi connectivity index (χ2v) is 9.98. The Morgan fingerprint density at radius 3 is 2.48 bits per heavy atom. The lowest BCUT2D eigenvalue weighted by Gasteiger charge is -2.18. The number of rotatable bonds is 6. The molecule has 0 aromatic heterocycles. The van der Waals surface area contributed by atoms with E-state index in [1.54, 1.807) is 31.2 Å². The monoisotopic (exact) mass is 405 g/mol. The van der Waals surface area contributed by atoms with Gasteiger partial charge in [-0.15, -0.1) is 11.8 Å². The Labute approximate surface area is 156 Å². The second-order valence-electron chi connectivity index (χ2n) is 5.90. The molecular formula is C16H20ClNO5S2. The summed E-state index contributed by atoms with van der Waals surface area (Å²) in [5.74, 6) is -0.996. The Balaban J connectivity index is 1.82. The minimum Gasteiger partial charge on any atom is -0.452 e. The van der Waals surface area contributed by atoms with Crippen molar-refractivity contribution in [3.8, 4) is 0 Å². The summed E-state index contributed by atoms with van der Waals surface area (Å²) in [5, 5.41) is 2.73. The van der Waals surface area contributed by atoms with Crippen molar-refractivity contribution in [2.24, 2.45) is 0 Å². The van der Waals surface area contributed by atoms with Crippen LogP contribution in [-0.2, 0) is 24.2 Å². The second kappa shape index (κ2) is 8.42. The zero-order valence-corrected chi connectivity index (χ0v) is 16.3. The van der Waals surface area contributed by atoms with Crippen molar-refractivity contribution in [1.29, 1.82) is 0 Å². The van der Waals surface area contributed by atoms with Crippen molar-refractivity contribution in [2.75, 3.05) is 11.5 Å². The first-order valence-corrected chi connectivity index (χ1v) is 10.9. The molecule has 1 aromatic rings. The quantitative estimate of drug-likeness (QED) is 0.575. The highest BCUT2D eigenvalue weighted by Crippen LogP contribution is 2.25. The molecule has 1 heterocycles. The van der Waals surface area contributed by atoms with E-state index in [-0.39, 0.29) is 11.5 Å². The van der Waals surface area contributed by atoms with Crippen LogP contribution in [0.25, 0.3) is 0 Å². The van der Waals surface area contributed by atoms with Gasteiger partial charge < -0.3 is 10.1 Å². The fraction of sp³-hybridized carbons (Fsp3) is 0.500. The van der Waals surface area contributed by atoms with E-state index in [9.17, 15) is 18.0 Å². The van der Waals surface area contributed by atoms with Gasteiger partial charge in [0.1, 0.15) is 5.25 Å². The number of benzene rings is 1. The Hall–Kier alpha value is -1.25. The highest BCUT2D eigenvalue weighted by atomic mass is 35.5. The molecule has 1 amide bonds. The Bertz CT molecular complexity index is 735. The highest BCUT2D eigenvalue weighted by Gasteiger charge is 2.31. The van der Waals surface area contributed by atoms with Gasteiger partial charge in [-0.05, 0) is 44.5 Å². The molecule has 9 heteroatoms. The smallest absolute Gasteiger partial charge is 0.319 e. The summed E-state index contributed by atoms with van der Waals surface area (Å²) in [6.07, 6.45) is -0.596. The number of nitrogens with one attached hydrogen (secondary N) is 1. The molecule has 1 aromatic carbocycles. The molecule has 0 bridgehead atoms. The van der Waals surface area contributed by atoms with Gasteiger partial charge in [0.2, 0.25) is 0 Å². The first kappa shape index (κ1) is 20.1. The maximum atomic E-state index is 12.1. The Kier molecular flexibility index (Phi) is 6.76. The van der Waals surface area contributed by atoms with Crippen molar-refractivity contribution in [3.63, 3.8) is 0 Å². The van der Waals surface area contributed by atoms with Gasteiger partial charge in [-0.25, -0.2) is 8.42 Å². The van der Waals surface area contributed by atoms with E-state index in [0.29, 0.717) is 11.4 Å². The summed E-state index contributed by atoms with van der Waals surface area (Å²) in [6.45, 7) is 3.16. The maximum Gasteiger partial charge on any atom is 0.319 e. The topological polar surface area (TPSA) is 89.5 Å². The van der Waals surface area contributed by atoms with Gasteiger partial charge in [-0.3, -0.25) is 9.59 Å². The van der Waals surface area contributed by atoms with E-state index < -0.39 is 39.1 Å². The van der Waals surface area contributed by atoms with Crippen LogP contribution in [0, 0.1) is 0 Å². The average molecular weight is 406 g/mol. The van der Waals surface area contributed by atoms with Gasteiger partial charge in [0.05, 0.1) is 11.5 Å². The Morgan fingerprint density at radius 2 is 1.92 bits per heavy atom.